The van der Waals surface area contributed by atoms with Gasteiger partial charge in [0.15, 0.2) is 17.5 Å². The van der Waals surface area contributed by atoms with Gasteiger partial charge in [0.05, 0.1) is 6.10 Å². The molecule has 0 spiro atoms. The molecule has 0 fully saturated rings. The zero-order valence-corrected chi connectivity index (χ0v) is 9.57. The van der Waals surface area contributed by atoms with Gasteiger partial charge in [-0.3, -0.25) is 0 Å². The molecule has 0 saturated carbocycles. The van der Waals surface area contributed by atoms with Crippen molar-refractivity contribution in [2.75, 3.05) is 0 Å². The quantitative estimate of drug-likeness (QED) is 0.854. The van der Waals surface area contributed by atoms with Crippen LogP contribution in [0, 0.1) is 17.5 Å². The van der Waals surface area contributed by atoms with Crippen molar-refractivity contribution < 1.29 is 18.3 Å². The standard InChI is InChI=1S/C12H11F3N2O/c1-17-5-4-16-10(17)6-9(18)7-2-3-8(13)12(15)11(7)14/h2-5,9,18H,6H2,1H3. The minimum absolute atomic E-state index is 0.0193. The fourth-order valence-corrected chi connectivity index (χ4v) is 1.67. The van der Waals surface area contributed by atoms with Gasteiger partial charge in [0.2, 0.25) is 0 Å². The van der Waals surface area contributed by atoms with E-state index in [1.807, 2.05) is 0 Å². The molecular formula is C12H11F3N2O. The first-order valence-electron chi connectivity index (χ1n) is 5.28. The van der Waals surface area contributed by atoms with Gasteiger partial charge < -0.3 is 9.67 Å². The first-order chi connectivity index (χ1) is 8.50. The van der Waals surface area contributed by atoms with Crippen molar-refractivity contribution in [3.05, 3.63) is 53.4 Å². The summed E-state index contributed by atoms with van der Waals surface area (Å²) >= 11 is 0. The maximum atomic E-state index is 13.4. The number of nitrogens with zero attached hydrogens (tertiary/aromatic N) is 2. The van der Waals surface area contributed by atoms with Crippen LogP contribution in [0.4, 0.5) is 13.2 Å². The van der Waals surface area contributed by atoms with Crippen LogP contribution in [0.15, 0.2) is 24.5 Å². The van der Waals surface area contributed by atoms with Gasteiger partial charge in [0, 0.05) is 31.4 Å². The van der Waals surface area contributed by atoms with E-state index in [4.69, 9.17) is 0 Å². The Morgan fingerprint density at radius 3 is 2.61 bits per heavy atom. The number of aromatic nitrogens is 2. The van der Waals surface area contributed by atoms with E-state index in [1.54, 1.807) is 17.8 Å². The maximum absolute atomic E-state index is 13.4. The summed E-state index contributed by atoms with van der Waals surface area (Å²) in [5, 5.41) is 9.83. The molecule has 0 radical (unpaired) electrons. The number of hydrogen-bond donors (Lipinski definition) is 1. The number of benzene rings is 1. The summed E-state index contributed by atoms with van der Waals surface area (Å²) < 4.78 is 40.9. The number of aryl methyl sites for hydroxylation is 1. The third kappa shape index (κ3) is 2.24. The van der Waals surface area contributed by atoms with E-state index < -0.39 is 23.6 Å². The van der Waals surface area contributed by atoms with Gasteiger partial charge in [-0.2, -0.15) is 0 Å². The molecule has 1 unspecified atom stereocenters. The van der Waals surface area contributed by atoms with Gasteiger partial charge in [0.1, 0.15) is 5.82 Å². The summed E-state index contributed by atoms with van der Waals surface area (Å²) in [7, 11) is 1.72. The van der Waals surface area contributed by atoms with Crippen molar-refractivity contribution in [1.82, 2.24) is 9.55 Å². The van der Waals surface area contributed by atoms with Crippen molar-refractivity contribution in [2.45, 2.75) is 12.5 Å². The van der Waals surface area contributed by atoms with E-state index >= 15 is 0 Å². The van der Waals surface area contributed by atoms with Crippen LogP contribution in [-0.2, 0) is 13.5 Å². The van der Waals surface area contributed by atoms with Crippen molar-refractivity contribution >= 4 is 0 Å². The highest BCUT2D eigenvalue weighted by molar-refractivity contribution is 5.23. The predicted octanol–water partition coefficient (Wildman–Crippen LogP) is 2.11. The Kier molecular flexibility index (Phi) is 3.38. The maximum Gasteiger partial charge on any atom is 0.194 e. The van der Waals surface area contributed by atoms with Crippen LogP contribution in [-0.4, -0.2) is 14.7 Å². The van der Waals surface area contributed by atoms with Crippen LogP contribution in [0.2, 0.25) is 0 Å². The highest BCUT2D eigenvalue weighted by Gasteiger charge is 2.20. The molecule has 0 aliphatic rings. The van der Waals surface area contributed by atoms with Crippen molar-refractivity contribution in [1.29, 1.82) is 0 Å². The van der Waals surface area contributed by atoms with Gasteiger partial charge in [-0.25, -0.2) is 18.2 Å². The predicted molar refractivity (Wildman–Crippen MR) is 58.2 cm³/mol. The third-order valence-corrected chi connectivity index (χ3v) is 2.72. The Morgan fingerprint density at radius 2 is 2.00 bits per heavy atom. The number of imidazole rings is 1. The minimum Gasteiger partial charge on any atom is -0.388 e. The Bertz CT molecular complexity index is 568. The molecule has 6 heteroatoms. The second kappa shape index (κ2) is 4.81. The molecule has 96 valence electrons. The molecule has 0 amide bonds. The highest BCUT2D eigenvalue weighted by atomic mass is 19.2. The number of rotatable bonds is 3. The Hall–Kier alpha value is -1.82. The summed E-state index contributed by atoms with van der Waals surface area (Å²) in [6, 6.07) is 1.82. The number of aliphatic hydroxyl groups is 1. The average Bonchev–Trinajstić information content (AvgIpc) is 2.72. The van der Waals surface area contributed by atoms with E-state index in [9.17, 15) is 18.3 Å². The van der Waals surface area contributed by atoms with Gasteiger partial charge in [-0.15, -0.1) is 0 Å². The van der Waals surface area contributed by atoms with Crippen LogP contribution >= 0.6 is 0 Å². The molecule has 1 atom stereocenters. The summed E-state index contributed by atoms with van der Waals surface area (Å²) in [5.41, 5.74) is -0.281. The van der Waals surface area contributed by atoms with Crippen LogP contribution in [0.25, 0.3) is 0 Å². The Morgan fingerprint density at radius 1 is 1.28 bits per heavy atom. The van der Waals surface area contributed by atoms with Crippen LogP contribution in [0.5, 0.6) is 0 Å². The fourth-order valence-electron chi connectivity index (χ4n) is 1.67. The lowest BCUT2D eigenvalue weighted by atomic mass is 10.1. The molecule has 0 aliphatic heterocycles. The van der Waals surface area contributed by atoms with Gasteiger partial charge in [-0.05, 0) is 6.07 Å². The lowest BCUT2D eigenvalue weighted by Crippen LogP contribution is -2.10. The monoisotopic (exact) mass is 256 g/mol. The fraction of sp³-hybridized carbons (Fsp3) is 0.250. The summed E-state index contributed by atoms with van der Waals surface area (Å²) in [4.78, 5) is 3.96. The zero-order chi connectivity index (χ0) is 13.3. The zero-order valence-electron chi connectivity index (χ0n) is 9.57. The van der Waals surface area contributed by atoms with Crippen molar-refractivity contribution in [2.24, 2.45) is 7.05 Å². The van der Waals surface area contributed by atoms with Gasteiger partial charge in [0.25, 0.3) is 0 Å². The molecule has 0 bridgehead atoms. The van der Waals surface area contributed by atoms with Gasteiger partial charge >= 0.3 is 0 Å². The molecule has 1 aromatic heterocycles. The topological polar surface area (TPSA) is 38.0 Å². The minimum atomic E-state index is -1.58. The molecule has 3 nitrogen and oxygen atoms in total. The molecule has 2 aromatic rings. The summed E-state index contributed by atoms with van der Waals surface area (Å²) in [6.45, 7) is 0. The first-order valence-corrected chi connectivity index (χ1v) is 5.28. The van der Waals surface area contributed by atoms with Gasteiger partial charge in [-0.1, -0.05) is 6.07 Å². The molecule has 1 heterocycles. The number of hydrogen-bond acceptors (Lipinski definition) is 2. The Balaban J connectivity index is 2.27. The molecule has 1 aromatic carbocycles. The van der Waals surface area contributed by atoms with Crippen molar-refractivity contribution in [3.8, 4) is 0 Å². The normalized spacial score (nSPS) is 12.7. The van der Waals surface area contributed by atoms with E-state index in [1.165, 1.54) is 6.20 Å². The van der Waals surface area contributed by atoms with Crippen molar-refractivity contribution in [3.63, 3.8) is 0 Å². The lowest BCUT2D eigenvalue weighted by molar-refractivity contribution is 0.168. The Labute approximate surface area is 102 Å². The second-order valence-corrected chi connectivity index (χ2v) is 3.94. The van der Waals surface area contributed by atoms with Crippen LogP contribution in [0.3, 0.4) is 0 Å². The first kappa shape index (κ1) is 12.6. The molecule has 0 aliphatic carbocycles. The van der Waals surface area contributed by atoms with Crippen LogP contribution < -0.4 is 0 Å². The molecule has 1 N–H and O–H groups in total. The van der Waals surface area contributed by atoms with E-state index in [0.29, 0.717) is 5.82 Å². The smallest absolute Gasteiger partial charge is 0.194 e. The van der Waals surface area contributed by atoms with E-state index in [0.717, 1.165) is 12.1 Å². The largest absolute Gasteiger partial charge is 0.388 e. The third-order valence-electron chi connectivity index (χ3n) is 2.72. The number of aliphatic hydroxyl groups excluding tert-OH is 1. The summed E-state index contributed by atoms with van der Waals surface area (Å²) in [5.74, 6) is -3.70. The SMILES string of the molecule is Cn1ccnc1CC(O)c1ccc(F)c(F)c1F. The molecule has 0 saturated heterocycles. The molecule has 2 rings (SSSR count). The average molecular weight is 256 g/mol. The molecule has 18 heavy (non-hydrogen) atoms. The van der Waals surface area contributed by atoms with E-state index in [-0.39, 0.29) is 12.0 Å². The highest BCUT2D eigenvalue weighted by Crippen LogP contribution is 2.23. The summed E-state index contributed by atoms with van der Waals surface area (Å²) in [6.07, 6.45) is 1.94. The number of halogens is 3. The second-order valence-electron chi connectivity index (χ2n) is 3.94. The lowest BCUT2D eigenvalue weighted by Gasteiger charge is -2.12. The van der Waals surface area contributed by atoms with Crippen LogP contribution in [0.1, 0.15) is 17.5 Å². The van der Waals surface area contributed by atoms with E-state index in [2.05, 4.69) is 4.98 Å². The molecular weight excluding hydrogens is 245 g/mol.